The second kappa shape index (κ2) is 5.26. The molecule has 1 aromatic carbocycles. The van der Waals surface area contributed by atoms with Gasteiger partial charge in [-0.3, -0.25) is 0 Å². The predicted octanol–water partition coefficient (Wildman–Crippen LogP) is 3.26. The van der Waals surface area contributed by atoms with Crippen molar-refractivity contribution in [3.63, 3.8) is 0 Å². The molecule has 0 saturated heterocycles. The molecular weight excluding hydrogens is 305 g/mol. The van der Waals surface area contributed by atoms with E-state index in [1.165, 1.54) is 0 Å². The Hall–Kier alpha value is -2.50. The standard InChI is InChI=1S/C18H20FN5/c1-9-4-6-12(11(3)15(9)19)8-24-17-14-13(23-24)7-5-10(2)16(14)21-18(20)22-17/h4,6,10H,5,7-8H2,1-3H3,(H2,20,21,22). The van der Waals surface area contributed by atoms with Crippen molar-refractivity contribution in [1.29, 1.82) is 0 Å². The molecule has 0 bridgehead atoms. The van der Waals surface area contributed by atoms with Crippen LogP contribution in [-0.4, -0.2) is 19.7 Å². The summed E-state index contributed by atoms with van der Waals surface area (Å²) >= 11 is 0. The van der Waals surface area contributed by atoms with E-state index in [1.54, 1.807) is 19.9 Å². The Morgan fingerprint density at radius 1 is 1.29 bits per heavy atom. The van der Waals surface area contributed by atoms with Crippen molar-refractivity contribution in [2.75, 3.05) is 5.73 Å². The lowest BCUT2D eigenvalue weighted by molar-refractivity contribution is 0.598. The SMILES string of the molecule is Cc1ccc(Cn2nc3c4c(nc(N)nc42)C(C)CC3)c(C)c1F. The summed E-state index contributed by atoms with van der Waals surface area (Å²) in [7, 11) is 0. The molecule has 124 valence electrons. The summed E-state index contributed by atoms with van der Waals surface area (Å²) in [6.07, 6.45) is 1.92. The zero-order valence-electron chi connectivity index (χ0n) is 14.1. The Labute approximate surface area is 139 Å². The quantitative estimate of drug-likeness (QED) is 0.785. The first-order chi connectivity index (χ1) is 11.5. The van der Waals surface area contributed by atoms with Gasteiger partial charge in [0.2, 0.25) is 5.95 Å². The van der Waals surface area contributed by atoms with Crippen LogP contribution >= 0.6 is 0 Å². The molecule has 2 aromatic heterocycles. The van der Waals surface area contributed by atoms with Crippen LogP contribution in [0.4, 0.5) is 10.3 Å². The first-order valence-electron chi connectivity index (χ1n) is 8.23. The van der Waals surface area contributed by atoms with Crippen molar-refractivity contribution in [1.82, 2.24) is 19.7 Å². The van der Waals surface area contributed by atoms with Crippen LogP contribution in [0.15, 0.2) is 12.1 Å². The molecule has 1 unspecified atom stereocenters. The van der Waals surface area contributed by atoms with Crippen LogP contribution in [0.1, 0.15) is 47.3 Å². The number of nitrogens with two attached hydrogens (primary N) is 1. The first-order valence-corrected chi connectivity index (χ1v) is 8.23. The third-order valence-electron chi connectivity index (χ3n) is 5.00. The van der Waals surface area contributed by atoms with Gasteiger partial charge in [-0.25, -0.2) is 14.1 Å². The van der Waals surface area contributed by atoms with Crippen LogP contribution in [0, 0.1) is 19.7 Å². The van der Waals surface area contributed by atoms with Crippen LogP contribution in [0.25, 0.3) is 11.0 Å². The van der Waals surface area contributed by atoms with Gasteiger partial charge in [0, 0.05) is 0 Å². The van der Waals surface area contributed by atoms with Crippen LogP contribution in [0.3, 0.4) is 0 Å². The molecular formula is C18H20FN5. The molecule has 1 aliphatic rings. The third-order valence-corrected chi connectivity index (χ3v) is 5.00. The number of aromatic nitrogens is 4. The summed E-state index contributed by atoms with van der Waals surface area (Å²) in [5, 5.41) is 5.74. The van der Waals surface area contributed by atoms with E-state index in [1.807, 2.05) is 10.7 Å². The average molecular weight is 325 g/mol. The summed E-state index contributed by atoms with van der Waals surface area (Å²) in [6, 6.07) is 3.76. The molecule has 5 nitrogen and oxygen atoms in total. The minimum Gasteiger partial charge on any atom is -0.368 e. The number of aryl methyl sites for hydroxylation is 2. The summed E-state index contributed by atoms with van der Waals surface area (Å²) < 4.78 is 16.0. The Bertz CT molecular complexity index is 960. The Kier molecular flexibility index (Phi) is 3.30. The molecule has 0 spiro atoms. The van der Waals surface area contributed by atoms with Gasteiger partial charge >= 0.3 is 0 Å². The van der Waals surface area contributed by atoms with Crippen molar-refractivity contribution >= 4 is 17.0 Å². The molecule has 0 radical (unpaired) electrons. The highest BCUT2D eigenvalue weighted by Crippen LogP contribution is 2.35. The molecule has 0 saturated carbocycles. The largest absolute Gasteiger partial charge is 0.368 e. The van der Waals surface area contributed by atoms with E-state index < -0.39 is 0 Å². The maximum absolute atomic E-state index is 14.2. The molecule has 3 aromatic rings. The highest BCUT2D eigenvalue weighted by molar-refractivity contribution is 5.83. The smallest absolute Gasteiger partial charge is 0.222 e. The lowest BCUT2D eigenvalue weighted by Gasteiger charge is -2.16. The second-order valence-electron chi connectivity index (χ2n) is 6.69. The molecule has 1 atom stereocenters. The van der Waals surface area contributed by atoms with Gasteiger partial charge in [-0.05, 0) is 49.3 Å². The van der Waals surface area contributed by atoms with E-state index in [2.05, 4.69) is 16.9 Å². The minimum atomic E-state index is -0.156. The summed E-state index contributed by atoms with van der Waals surface area (Å²) in [6.45, 7) is 6.21. The lowest BCUT2D eigenvalue weighted by atomic mass is 9.91. The molecule has 2 heterocycles. The predicted molar refractivity (Wildman–Crippen MR) is 91.4 cm³/mol. The van der Waals surface area contributed by atoms with Gasteiger partial charge in [0.1, 0.15) is 5.82 Å². The Balaban J connectivity index is 1.88. The molecule has 2 N–H and O–H groups in total. The van der Waals surface area contributed by atoms with Gasteiger partial charge in [0.05, 0.1) is 23.3 Å². The molecule has 0 aliphatic heterocycles. The van der Waals surface area contributed by atoms with Crippen molar-refractivity contribution in [3.8, 4) is 0 Å². The number of hydrogen-bond acceptors (Lipinski definition) is 4. The number of rotatable bonds is 2. The number of halogens is 1. The van der Waals surface area contributed by atoms with Gasteiger partial charge in [-0.1, -0.05) is 19.1 Å². The van der Waals surface area contributed by atoms with E-state index in [9.17, 15) is 4.39 Å². The monoisotopic (exact) mass is 325 g/mol. The normalized spacial score (nSPS) is 16.8. The topological polar surface area (TPSA) is 69.6 Å². The van der Waals surface area contributed by atoms with E-state index >= 15 is 0 Å². The van der Waals surface area contributed by atoms with Crippen molar-refractivity contribution in [2.45, 2.75) is 46.1 Å². The highest BCUT2D eigenvalue weighted by atomic mass is 19.1. The zero-order valence-corrected chi connectivity index (χ0v) is 14.1. The van der Waals surface area contributed by atoms with Gasteiger partial charge < -0.3 is 5.73 Å². The minimum absolute atomic E-state index is 0.156. The molecule has 0 amide bonds. The van der Waals surface area contributed by atoms with Gasteiger partial charge in [-0.2, -0.15) is 10.1 Å². The molecule has 4 rings (SSSR count). The molecule has 0 fully saturated rings. The van der Waals surface area contributed by atoms with E-state index in [-0.39, 0.29) is 11.8 Å². The number of anilines is 1. The number of benzene rings is 1. The number of hydrogen-bond donors (Lipinski definition) is 1. The first kappa shape index (κ1) is 15.1. The van der Waals surface area contributed by atoms with Crippen LogP contribution in [0.5, 0.6) is 0 Å². The third kappa shape index (κ3) is 2.17. The van der Waals surface area contributed by atoms with Crippen molar-refractivity contribution in [2.24, 2.45) is 0 Å². The van der Waals surface area contributed by atoms with Crippen molar-refractivity contribution in [3.05, 3.63) is 46.0 Å². The highest BCUT2D eigenvalue weighted by Gasteiger charge is 2.26. The maximum atomic E-state index is 14.2. The summed E-state index contributed by atoms with van der Waals surface area (Å²) in [5.41, 5.74) is 10.9. The van der Waals surface area contributed by atoms with Crippen LogP contribution in [0.2, 0.25) is 0 Å². The molecule has 6 heteroatoms. The summed E-state index contributed by atoms with van der Waals surface area (Å²) in [4.78, 5) is 8.84. The van der Waals surface area contributed by atoms with E-state index in [0.29, 0.717) is 23.6 Å². The molecule has 24 heavy (non-hydrogen) atoms. The fourth-order valence-electron chi connectivity index (χ4n) is 3.51. The van der Waals surface area contributed by atoms with Gasteiger partial charge in [0.15, 0.2) is 5.65 Å². The fourth-order valence-corrected chi connectivity index (χ4v) is 3.51. The summed E-state index contributed by atoms with van der Waals surface area (Å²) in [5.74, 6) is 0.462. The Morgan fingerprint density at radius 3 is 2.88 bits per heavy atom. The van der Waals surface area contributed by atoms with Crippen molar-refractivity contribution < 1.29 is 4.39 Å². The fraction of sp³-hybridized carbons (Fsp3) is 0.389. The lowest BCUT2D eigenvalue weighted by Crippen LogP contribution is -2.09. The van der Waals surface area contributed by atoms with Gasteiger partial charge in [0.25, 0.3) is 0 Å². The zero-order chi connectivity index (χ0) is 17.0. The number of nitrogens with zero attached hydrogens (tertiary/aromatic N) is 4. The Morgan fingerprint density at radius 2 is 2.08 bits per heavy atom. The maximum Gasteiger partial charge on any atom is 0.222 e. The number of nitrogen functional groups attached to an aromatic ring is 1. The van der Waals surface area contributed by atoms with Gasteiger partial charge in [-0.15, -0.1) is 0 Å². The van der Waals surface area contributed by atoms with E-state index in [0.717, 1.165) is 40.8 Å². The van der Waals surface area contributed by atoms with Crippen LogP contribution in [-0.2, 0) is 13.0 Å². The second-order valence-corrected chi connectivity index (χ2v) is 6.69. The van der Waals surface area contributed by atoms with E-state index in [4.69, 9.17) is 10.8 Å². The van der Waals surface area contributed by atoms with Crippen LogP contribution < -0.4 is 5.73 Å². The molecule has 1 aliphatic carbocycles. The average Bonchev–Trinajstić information content (AvgIpc) is 2.90.